The molecule has 0 aliphatic heterocycles. The van der Waals surface area contributed by atoms with Crippen LogP contribution in [0.1, 0.15) is 29.8 Å². The van der Waals surface area contributed by atoms with Gasteiger partial charge in [-0.1, -0.05) is 0 Å². The normalized spacial score (nSPS) is 11.1. The van der Waals surface area contributed by atoms with Crippen molar-refractivity contribution in [2.45, 2.75) is 26.3 Å². The van der Waals surface area contributed by atoms with Gasteiger partial charge in [0.2, 0.25) is 0 Å². The highest BCUT2D eigenvalue weighted by atomic mass is 16.5. The van der Waals surface area contributed by atoms with Crippen molar-refractivity contribution in [2.75, 3.05) is 13.7 Å². The van der Waals surface area contributed by atoms with Crippen molar-refractivity contribution in [3.8, 4) is 5.75 Å². The van der Waals surface area contributed by atoms with E-state index in [2.05, 4.69) is 4.74 Å². The smallest absolute Gasteiger partial charge is 0.337 e. The molecule has 0 aliphatic carbocycles. The first-order chi connectivity index (χ1) is 7.83. The van der Waals surface area contributed by atoms with E-state index in [1.165, 1.54) is 7.11 Å². The van der Waals surface area contributed by atoms with E-state index in [-0.39, 0.29) is 11.5 Å². The molecule has 0 spiro atoms. The van der Waals surface area contributed by atoms with Crippen molar-refractivity contribution in [1.82, 2.24) is 0 Å². The van der Waals surface area contributed by atoms with Gasteiger partial charge >= 0.3 is 5.97 Å². The largest absolute Gasteiger partial charge is 0.491 e. The van der Waals surface area contributed by atoms with Crippen molar-refractivity contribution in [2.24, 2.45) is 5.73 Å². The standard InChI is InChI=1S/C13H19NO3/c1-9-7-10(12(15)16-4)5-6-11(9)17-8-13(2,3)14/h5-7H,8,14H2,1-4H3. The van der Waals surface area contributed by atoms with Gasteiger partial charge < -0.3 is 15.2 Å². The van der Waals surface area contributed by atoms with Crippen LogP contribution in [0.15, 0.2) is 18.2 Å². The molecule has 1 rings (SSSR count). The Hall–Kier alpha value is -1.55. The van der Waals surface area contributed by atoms with Crippen molar-refractivity contribution < 1.29 is 14.3 Å². The Balaban J connectivity index is 2.80. The molecule has 0 bridgehead atoms. The number of methoxy groups -OCH3 is 1. The van der Waals surface area contributed by atoms with Crippen molar-refractivity contribution in [1.29, 1.82) is 0 Å². The lowest BCUT2D eigenvalue weighted by Crippen LogP contribution is -2.38. The van der Waals surface area contributed by atoms with E-state index in [1.54, 1.807) is 18.2 Å². The van der Waals surface area contributed by atoms with Crippen molar-refractivity contribution in [3.05, 3.63) is 29.3 Å². The summed E-state index contributed by atoms with van der Waals surface area (Å²) in [4.78, 5) is 11.3. The second-order valence-electron chi connectivity index (χ2n) is 4.75. The Bertz CT molecular complexity index is 408. The fourth-order valence-electron chi connectivity index (χ4n) is 1.32. The van der Waals surface area contributed by atoms with E-state index >= 15 is 0 Å². The molecule has 2 N–H and O–H groups in total. The van der Waals surface area contributed by atoms with Crippen molar-refractivity contribution >= 4 is 5.97 Å². The van der Waals surface area contributed by atoms with Crippen LogP contribution >= 0.6 is 0 Å². The first-order valence-electron chi connectivity index (χ1n) is 5.44. The van der Waals surface area contributed by atoms with E-state index in [0.29, 0.717) is 12.2 Å². The molecule has 0 amide bonds. The summed E-state index contributed by atoms with van der Waals surface area (Å²) in [5.74, 6) is 0.384. The van der Waals surface area contributed by atoms with Gasteiger partial charge in [0.05, 0.1) is 12.7 Å². The number of carbonyl (C=O) groups is 1. The molecule has 0 unspecified atom stereocenters. The summed E-state index contributed by atoms with van der Waals surface area (Å²) in [7, 11) is 1.36. The molecule has 0 heterocycles. The number of ether oxygens (including phenoxy) is 2. The second-order valence-corrected chi connectivity index (χ2v) is 4.75. The molecule has 0 saturated heterocycles. The minimum absolute atomic E-state index is 0.348. The summed E-state index contributed by atoms with van der Waals surface area (Å²) in [5, 5.41) is 0. The van der Waals surface area contributed by atoms with Crippen LogP contribution < -0.4 is 10.5 Å². The molecule has 0 aliphatic rings. The summed E-state index contributed by atoms with van der Waals surface area (Å²) in [6.45, 7) is 6.09. The van der Waals surface area contributed by atoms with Gasteiger partial charge in [-0.25, -0.2) is 4.79 Å². The Morgan fingerprint density at radius 3 is 2.53 bits per heavy atom. The molecular formula is C13H19NO3. The average molecular weight is 237 g/mol. The van der Waals surface area contributed by atoms with Crippen LogP contribution in [-0.2, 0) is 4.74 Å². The first kappa shape index (κ1) is 13.5. The van der Waals surface area contributed by atoms with E-state index < -0.39 is 0 Å². The van der Waals surface area contributed by atoms with Gasteiger partial charge in [0.25, 0.3) is 0 Å². The van der Waals surface area contributed by atoms with Gasteiger partial charge in [0.15, 0.2) is 0 Å². The molecule has 0 atom stereocenters. The number of rotatable bonds is 4. The lowest BCUT2D eigenvalue weighted by Gasteiger charge is -2.20. The zero-order valence-electron chi connectivity index (χ0n) is 10.7. The average Bonchev–Trinajstić information content (AvgIpc) is 2.25. The van der Waals surface area contributed by atoms with Gasteiger partial charge in [-0.2, -0.15) is 0 Å². The van der Waals surface area contributed by atoms with Crippen LogP contribution in [0.25, 0.3) is 0 Å². The van der Waals surface area contributed by atoms with Crippen LogP contribution in [0.3, 0.4) is 0 Å². The lowest BCUT2D eigenvalue weighted by atomic mass is 10.1. The van der Waals surface area contributed by atoms with Gasteiger partial charge in [0.1, 0.15) is 12.4 Å². The zero-order valence-corrected chi connectivity index (χ0v) is 10.7. The Labute approximate surface area is 102 Å². The molecule has 17 heavy (non-hydrogen) atoms. The third-order valence-electron chi connectivity index (χ3n) is 2.20. The molecule has 4 nitrogen and oxygen atoms in total. The molecule has 94 valence electrons. The third-order valence-corrected chi connectivity index (χ3v) is 2.20. The van der Waals surface area contributed by atoms with Gasteiger partial charge in [0, 0.05) is 5.54 Å². The lowest BCUT2D eigenvalue weighted by molar-refractivity contribution is 0.0600. The monoisotopic (exact) mass is 237 g/mol. The van der Waals surface area contributed by atoms with E-state index in [4.69, 9.17) is 10.5 Å². The maximum Gasteiger partial charge on any atom is 0.337 e. The summed E-state index contributed by atoms with van der Waals surface area (Å²) in [5.41, 5.74) is 6.86. The Morgan fingerprint density at radius 1 is 1.41 bits per heavy atom. The number of carbonyl (C=O) groups excluding carboxylic acids is 1. The first-order valence-corrected chi connectivity index (χ1v) is 5.44. The summed E-state index contributed by atoms with van der Waals surface area (Å²) in [6.07, 6.45) is 0. The van der Waals surface area contributed by atoms with Crippen molar-refractivity contribution in [3.63, 3.8) is 0 Å². The number of esters is 1. The van der Waals surface area contributed by atoms with Gasteiger partial charge in [-0.05, 0) is 44.5 Å². The van der Waals surface area contributed by atoms with E-state index in [0.717, 1.165) is 11.3 Å². The predicted molar refractivity (Wildman–Crippen MR) is 66.3 cm³/mol. The Morgan fingerprint density at radius 2 is 2.06 bits per heavy atom. The maximum atomic E-state index is 11.3. The number of benzene rings is 1. The molecule has 0 fully saturated rings. The van der Waals surface area contributed by atoms with Gasteiger partial charge in [-0.3, -0.25) is 0 Å². The van der Waals surface area contributed by atoms with Crippen LogP contribution in [0, 0.1) is 6.92 Å². The highest BCUT2D eigenvalue weighted by molar-refractivity contribution is 5.89. The molecule has 1 aromatic rings. The molecule has 0 aromatic heterocycles. The number of hydrogen-bond donors (Lipinski definition) is 1. The molecular weight excluding hydrogens is 218 g/mol. The van der Waals surface area contributed by atoms with Crippen LogP contribution in [0.2, 0.25) is 0 Å². The molecule has 1 aromatic carbocycles. The minimum Gasteiger partial charge on any atom is -0.491 e. The van der Waals surface area contributed by atoms with Crippen LogP contribution in [-0.4, -0.2) is 25.2 Å². The summed E-state index contributed by atoms with van der Waals surface area (Å²) < 4.78 is 10.2. The quantitative estimate of drug-likeness (QED) is 0.812. The SMILES string of the molecule is COC(=O)c1ccc(OCC(C)(C)N)c(C)c1. The summed E-state index contributed by atoms with van der Waals surface area (Å²) >= 11 is 0. The predicted octanol–water partition coefficient (Wildman–Crippen LogP) is 1.90. The molecule has 0 radical (unpaired) electrons. The number of nitrogens with two attached hydrogens (primary N) is 1. The molecule has 4 heteroatoms. The minimum atomic E-state index is -0.381. The number of aryl methyl sites for hydroxylation is 1. The highest BCUT2D eigenvalue weighted by Crippen LogP contribution is 2.20. The van der Waals surface area contributed by atoms with Crippen LogP contribution in [0.5, 0.6) is 5.75 Å². The third kappa shape index (κ3) is 4.07. The summed E-state index contributed by atoms with van der Waals surface area (Å²) in [6, 6.07) is 5.18. The topological polar surface area (TPSA) is 61.5 Å². The zero-order chi connectivity index (χ0) is 13.1. The highest BCUT2D eigenvalue weighted by Gasteiger charge is 2.13. The maximum absolute atomic E-state index is 11.3. The van der Waals surface area contributed by atoms with Gasteiger partial charge in [-0.15, -0.1) is 0 Å². The number of hydrogen-bond acceptors (Lipinski definition) is 4. The Kier molecular flexibility index (Phi) is 4.12. The fraction of sp³-hybridized carbons (Fsp3) is 0.462. The van der Waals surface area contributed by atoms with E-state index in [9.17, 15) is 4.79 Å². The van der Waals surface area contributed by atoms with E-state index in [1.807, 2.05) is 20.8 Å². The second kappa shape index (κ2) is 5.19. The fourth-order valence-corrected chi connectivity index (χ4v) is 1.32. The van der Waals surface area contributed by atoms with Crippen LogP contribution in [0.4, 0.5) is 0 Å². The molecule has 0 saturated carbocycles.